The second kappa shape index (κ2) is 9.45. The van der Waals surface area contributed by atoms with Gasteiger partial charge in [-0.25, -0.2) is 4.79 Å². The number of benzene rings is 2. The van der Waals surface area contributed by atoms with Crippen molar-refractivity contribution in [1.29, 1.82) is 0 Å². The first-order valence-corrected chi connectivity index (χ1v) is 10.1. The van der Waals surface area contributed by atoms with E-state index in [1.54, 1.807) is 6.07 Å². The molecule has 7 heteroatoms. The summed E-state index contributed by atoms with van der Waals surface area (Å²) in [4.78, 5) is 28.3. The lowest BCUT2D eigenvalue weighted by Gasteiger charge is -2.34. The molecule has 1 fully saturated rings. The molecule has 1 amide bonds. The van der Waals surface area contributed by atoms with Crippen molar-refractivity contribution in [3.63, 3.8) is 0 Å². The summed E-state index contributed by atoms with van der Waals surface area (Å²) in [5, 5.41) is 4.24. The lowest BCUT2D eigenvalue weighted by atomic mass is 10.2. The molecule has 7 nitrogen and oxygen atoms in total. The number of carbonyl (C=O) groups excluding carboxylic acids is 1. The maximum atomic E-state index is 12.4. The van der Waals surface area contributed by atoms with Crippen LogP contribution in [-0.2, 0) is 4.79 Å². The minimum atomic E-state index is -0.360. The first-order valence-electron chi connectivity index (χ1n) is 10.1. The van der Waals surface area contributed by atoms with Crippen molar-refractivity contribution in [2.45, 2.75) is 0 Å². The van der Waals surface area contributed by atoms with E-state index in [-0.39, 0.29) is 18.1 Å². The van der Waals surface area contributed by atoms with Gasteiger partial charge in [0, 0.05) is 50.7 Å². The third kappa shape index (κ3) is 4.99. The van der Waals surface area contributed by atoms with Gasteiger partial charge in [-0.3, -0.25) is 9.69 Å². The van der Waals surface area contributed by atoms with E-state index in [1.807, 2.05) is 53.4 Å². The molecule has 1 aliphatic rings. The maximum Gasteiger partial charge on any atom is 0.338 e. The molecule has 0 spiro atoms. The number of nitrogens with one attached hydrogen (secondary N) is 1. The van der Waals surface area contributed by atoms with E-state index in [0.717, 1.165) is 30.7 Å². The Morgan fingerprint density at radius 3 is 2.53 bits per heavy atom. The number of fused-ring (bicyclic) bond motifs is 1. The minimum Gasteiger partial charge on any atom is -0.484 e. The van der Waals surface area contributed by atoms with E-state index in [2.05, 4.69) is 10.2 Å². The van der Waals surface area contributed by atoms with Crippen molar-refractivity contribution in [2.24, 2.45) is 0 Å². The second-order valence-electron chi connectivity index (χ2n) is 7.23. The quantitative estimate of drug-likeness (QED) is 0.607. The molecule has 30 heavy (non-hydrogen) atoms. The first kappa shape index (κ1) is 20.0. The molecule has 1 N–H and O–H groups in total. The van der Waals surface area contributed by atoms with E-state index < -0.39 is 0 Å². The highest BCUT2D eigenvalue weighted by Crippen LogP contribution is 2.20. The SMILES string of the molecule is O=C(COc1ccccc1)N1CCN(CCNc2cc(=O)oc3ccccc23)CC1. The van der Waals surface area contributed by atoms with Gasteiger partial charge in [0.2, 0.25) is 0 Å². The summed E-state index contributed by atoms with van der Waals surface area (Å²) in [6.07, 6.45) is 0. The van der Waals surface area contributed by atoms with Crippen molar-refractivity contribution in [1.82, 2.24) is 9.80 Å². The fourth-order valence-corrected chi connectivity index (χ4v) is 3.58. The van der Waals surface area contributed by atoms with Gasteiger partial charge >= 0.3 is 5.63 Å². The lowest BCUT2D eigenvalue weighted by molar-refractivity contribution is -0.135. The molecule has 1 aromatic heterocycles. The Hall–Kier alpha value is -3.32. The average molecular weight is 407 g/mol. The normalized spacial score (nSPS) is 14.6. The van der Waals surface area contributed by atoms with E-state index in [9.17, 15) is 9.59 Å². The molecule has 0 bridgehead atoms. The van der Waals surface area contributed by atoms with Gasteiger partial charge in [-0.05, 0) is 24.3 Å². The van der Waals surface area contributed by atoms with E-state index in [0.29, 0.717) is 31.0 Å². The van der Waals surface area contributed by atoms with Crippen LogP contribution in [0.5, 0.6) is 5.75 Å². The van der Waals surface area contributed by atoms with E-state index >= 15 is 0 Å². The number of para-hydroxylation sites is 2. The summed E-state index contributed by atoms with van der Waals surface area (Å²) < 4.78 is 10.8. The van der Waals surface area contributed by atoms with Crippen LogP contribution in [0.4, 0.5) is 5.69 Å². The highest BCUT2D eigenvalue weighted by Gasteiger charge is 2.21. The zero-order valence-corrected chi connectivity index (χ0v) is 16.8. The van der Waals surface area contributed by atoms with Crippen LogP contribution in [0, 0.1) is 0 Å². The van der Waals surface area contributed by atoms with Crippen molar-refractivity contribution in [3.05, 3.63) is 71.1 Å². The maximum absolute atomic E-state index is 12.4. The number of carbonyl (C=O) groups is 1. The van der Waals surface area contributed by atoms with Gasteiger partial charge in [0.1, 0.15) is 11.3 Å². The van der Waals surface area contributed by atoms with Gasteiger partial charge in [-0.15, -0.1) is 0 Å². The summed E-state index contributed by atoms with van der Waals surface area (Å²) in [6, 6.07) is 18.4. The van der Waals surface area contributed by atoms with Gasteiger partial charge in [0.25, 0.3) is 5.91 Å². The molecule has 2 heterocycles. The molecule has 0 aliphatic carbocycles. The van der Waals surface area contributed by atoms with Crippen LogP contribution in [0.1, 0.15) is 0 Å². The molecule has 0 radical (unpaired) electrons. The van der Waals surface area contributed by atoms with Crippen LogP contribution in [0.25, 0.3) is 11.0 Å². The van der Waals surface area contributed by atoms with E-state index in [1.165, 1.54) is 6.07 Å². The largest absolute Gasteiger partial charge is 0.484 e. The Morgan fingerprint density at radius 1 is 1.00 bits per heavy atom. The van der Waals surface area contributed by atoms with Crippen LogP contribution >= 0.6 is 0 Å². The van der Waals surface area contributed by atoms with Crippen LogP contribution in [0.3, 0.4) is 0 Å². The topological polar surface area (TPSA) is 75.0 Å². The third-order valence-corrected chi connectivity index (χ3v) is 5.22. The summed E-state index contributed by atoms with van der Waals surface area (Å²) in [7, 11) is 0. The molecule has 2 aromatic carbocycles. The molecule has 0 unspecified atom stereocenters. The Bertz CT molecular complexity index is 1040. The van der Waals surface area contributed by atoms with Gasteiger partial charge < -0.3 is 19.4 Å². The Balaban J connectivity index is 1.22. The van der Waals surface area contributed by atoms with Crippen molar-refractivity contribution >= 4 is 22.6 Å². The monoisotopic (exact) mass is 407 g/mol. The molecular formula is C23H25N3O4. The van der Waals surface area contributed by atoms with Gasteiger partial charge in [0.15, 0.2) is 6.61 Å². The Kier molecular flexibility index (Phi) is 6.29. The number of nitrogens with zero attached hydrogens (tertiary/aromatic N) is 2. The standard InChI is InChI=1S/C23H25N3O4/c27-22(17-29-18-6-2-1-3-7-18)26-14-12-25(13-15-26)11-10-24-20-16-23(28)30-21-9-5-4-8-19(20)21/h1-9,16,24H,10-15,17H2. The predicted octanol–water partition coefficient (Wildman–Crippen LogP) is 2.43. The van der Waals surface area contributed by atoms with Gasteiger partial charge in [-0.2, -0.15) is 0 Å². The number of hydrogen-bond acceptors (Lipinski definition) is 6. The zero-order chi connectivity index (χ0) is 20.8. The first-order chi connectivity index (χ1) is 14.7. The molecule has 0 saturated carbocycles. The fourth-order valence-electron chi connectivity index (χ4n) is 3.58. The number of ether oxygens (including phenoxy) is 1. The molecule has 4 rings (SSSR count). The number of piperazine rings is 1. The number of hydrogen-bond donors (Lipinski definition) is 1. The molecule has 0 atom stereocenters. The average Bonchev–Trinajstić information content (AvgIpc) is 2.78. The molecular weight excluding hydrogens is 382 g/mol. The molecule has 1 saturated heterocycles. The molecule has 1 aliphatic heterocycles. The summed E-state index contributed by atoms with van der Waals surface area (Å²) in [6.45, 7) is 4.61. The zero-order valence-electron chi connectivity index (χ0n) is 16.8. The highest BCUT2D eigenvalue weighted by atomic mass is 16.5. The number of anilines is 1. The van der Waals surface area contributed by atoms with Crippen LogP contribution in [-0.4, -0.2) is 61.6 Å². The number of rotatable bonds is 7. The van der Waals surface area contributed by atoms with Crippen LogP contribution in [0.15, 0.2) is 69.9 Å². The minimum absolute atomic E-state index is 0.0131. The number of amides is 1. The third-order valence-electron chi connectivity index (χ3n) is 5.22. The Labute approximate surface area is 174 Å². The van der Waals surface area contributed by atoms with Crippen molar-refractivity contribution in [2.75, 3.05) is 51.2 Å². The van der Waals surface area contributed by atoms with Crippen LogP contribution in [0.2, 0.25) is 0 Å². The van der Waals surface area contributed by atoms with Gasteiger partial charge in [-0.1, -0.05) is 30.3 Å². The smallest absolute Gasteiger partial charge is 0.338 e. The van der Waals surface area contributed by atoms with Crippen LogP contribution < -0.4 is 15.7 Å². The predicted molar refractivity (Wildman–Crippen MR) is 116 cm³/mol. The highest BCUT2D eigenvalue weighted by molar-refractivity contribution is 5.89. The summed E-state index contributed by atoms with van der Waals surface area (Å²) >= 11 is 0. The van der Waals surface area contributed by atoms with Crippen molar-refractivity contribution < 1.29 is 13.9 Å². The fraction of sp³-hybridized carbons (Fsp3) is 0.304. The summed E-state index contributed by atoms with van der Waals surface area (Å²) in [5.41, 5.74) is 1.01. The molecule has 3 aromatic rings. The van der Waals surface area contributed by atoms with Crippen molar-refractivity contribution in [3.8, 4) is 5.75 Å². The molecule has 156 valence electrons. The second-order valence-corrected chi connectivity index (χ2v) is 7.23. The van der Waals surface area contributed by atoms with Gasteiger partial charge in [0.05, 0.1) is 5.69 Å². The Morgan fingerprint density at radius 2 is 1.73 bits per heavy atom. The lowest BCUT2D eigenvalue weighted by Crippen LogP contribution is -2.50. The van der Waals surface area contributed by atoms with E-state index in [4.69, 9.17) is 9.15 Å². The summed E-state index contributed by atoms with van der Waals surface area (Å²) in [5.74, 6) is 0.720.